The van der Waals surface area contributed by atoms with E-state index in [2.05, 4.69) is 12.2 Å². The first-order valence-corrected chi connectivity index (χ1v) is 13.6. The molecule has 0 spiro atoms. The van der Waals surface area contributed by atoms with Crippen molar-refractivity contribution in [2.24, 2.45) is 0 Å². The molecule has 0 bridgehead atoms. The first-order valence-electron chi connectivity index (χ1n) is 13.6. The van der Waals surface area contributed by atoms with Crippen LogP contribution in [0.5, 0.6) is 0 Å². The van der Waals surface area contributed by atoms with Gasteiger partial charge in [0.15, 0.2) is 0 Å². The van der Waals surface area contributed by atoms with E-state index in [9.17, 15) is 5.11 Å². The van der Waals surface area contributed by atoms with Crippen molar-refractivity contribution in [1.82, 2.24) is 10.2 Å². The van der Waals surface area contributed by atoms with Gasteiger partial charge in [-0.25, -0.2) is 0 Å². The molecule has 2 unspecified atom stereocenters. The number of hydrogen-bond donors (Lipinski definition) is 2. The molecule has 30 heavy (non-hydrogen) atoms. The van der Waals surface area contributed by atoms with Crippen LogP contribution in [0, 0.1) is 0 Å². The Morgan fingerprint density at radius 3 is 1.40 bits per heavy atom. The second-order valence-corrected chi connectivity index (χ2v) is 9.58. The number of nitrogens with zero attached hydrogens (tertiary/aromatic N) is 1. The molecule has 0 aromatic rings. The van der Waals surface area contributed by atoms with Crippen molar-refractivity contribution in [3.8, 4) is 0 Å². The second kappa shape index (κ2) is 20.2. The molecule has 178 valence electrons. The molecule has 3 heteroatoms. The van der Waals surface area contributed by atoms with Gasteiger partial charge in [0.2, 0.25) is 0 Å². The smallest absolute Gasteiger partial charge is 0.125 e. The quantitative estimate of drug-likeness (QED) is 0.172. The van der Waals surface area contributed by atoms with E-state index < -0.39 is 6.23 Å². The van der Waals surface area contributed by atoms with Crippen LogP contribution in [0.3, 0.4) is 0 Å². The van der Waals surface area contributed by atoms with Gasteiger partial charge in [0.1, 0.15) is 12.4 Å². The summed E-state index contributed by atoms with van der Waals surface area (Å²) in [5, 5.41) is 13.1. The molecule has 3 nitrogen and oxygen atoms in total. The molecule has 0 aromatic heterocycles. The van der Waals surface area contributed by atoms with E-state index in [1.54, 1.807) is 0 Å². The highest BCUT2D eigenvalue weighted by Gasteiger charge is 2.20. The fourth-order valence-electron chi connectivity index (χ4n) is 4.64. The van der Waals surface area contributed by atoms with E-state index in [1.807, 2.05) is 24.2 Å². The number of unbranched alkanes of at least 4 members (excludes halogenated alkanes) is 19. The summed E-state index contributed by atoms with van der Waals surface area (Å²) in [5.41, 5.74) is 0. The van der Waals surface area contributed by atoms with Gasteiger partial charge >= 0.3 is 0 Å². The van der Waals surface area contributed by atoms with Crippen molar-refractivity contribution in [1.29, 1.82) is 0 Å². The van der Waals surface area contributed by atoms with Crippen LogP contribution in [0.1, 0.15) is 149 Å². The Bertz CT molecular complexity index is 383. The minimum absolute atomic E-state index is 0.292. The van der Waals surface area contributed by atoms with Crippen LogP contribution in [0.15, 0.2) is 12.4 Å². The number of aliphatic hydroxyl groups is 1. The third kappa shape index (κ3) is 15.2. The molecule has 2 atom stereocenters. The molecule has 2 N–H and O–H groups in total. The van der Waals surface area contributed by atoms with Crippen LogP contribution in [0.4, 0.5) is 0 Å². The van der Waals surface area contributed by atoms with Crippen LogP contribution >= 0.6 is 0 Å². The van der Waals surface area contributed by atoms with E-state index >= 15 is 0 Å². The van der Waals surface area contributed by atoms with Crippen molar-refractivity contribution < 1.29 is 5.11 Å². The van der Waals surface area contributed by atoms with Gasteiger partial charge in [-0.1, -0.05) is 129 Å². The third-order valence-electron chi connectivity index (χ3n) is 6.66. The lowest BCUT2D eigenvalue weighted by atomic mass is 10.0. The summed E-state index contributed by atoms with van der Waals surface area (Å²) >= 11 is 0. The Morgan fingerprint density at radius 1 is 0.667 bits per heavy atom. The summed E-state index contributed by atoms with van der Waals surface area (Å²) in [4.78, 5) is 2.01. The van der Waals surface area contributed by atoms with Crippen LogP contribution in [0.25, 0.3) is 0 Å². The number of hydrogen-bond acceptors (Lipinski definition) is 3. The Hall–Kier alpha value is -0.700. The summed E-state index contributed by atoms with van der Waals surface area (Å²) in [5.74, 6) is 0. The predicted molar refractivity (Wildman–Crippen MR) is 132 cm³/mol. The third-order valence-corrected chi connectivity index (χ3v) is 6.66. The lowest BCUT2D eigenvalue weighted by Gasteiger charge is -2.28. The largest absolute Gasteiger partial charge is 0.374 e. The lowest BCUT2D eigenvalue weighted by Crippen LogP contribution is -2.40. The highest BCUT2D eigenvalue weighted by molar-refractivity contribution is 4.94. The van der Waals surface area contributed by atoms with Gasteiger partial charge < -0.3 is 15.3 Å². The van der Waals surface area contributed by atoms with Crippen molar-refractivity contribution in [3.63, 3.8) is 0 Å². The summed E-state index contributed by atoms with van der Waals surface area (Å²) in [6, 6.07) is 0. The molecule has 1 aliphatic heterocycles. The minimum atomic E-state index is -0.397. The molecular weight excluding hydrogens is 368 g/mol. The summed E-state index contributed by atoms with van der Waals surface area (Å²) in [7, 11) is 0. The number of nitrogens with one attached hydrogen (secondary N) is 1. The Kier molecular flexibility index (Phi) is 18.4. The maximum absolute atomic E-state index is 9.72. The fourth-order valence-corrected chi connectivity index (χ4v) is 4.64. The van der Waals surface area contributed by atoms with Crippen LogP contribution in [0.2, 0.25) is 0 Å². The zero-order valence-corrected chi connectivity index (χ0v) is 20.6. The van der Waals surface area contributed by atoms with Gasteiger partial charge in [-0.2, -0.15) is 0 Å². The predicted octanol–water partition coefficient (Wildman–Crippen LogP) is 8.24. The highest BCUT2D eigenvalue weighted by atomic mass is 16.3. The summed E-state index contributed by atoms with van der Waals surface area (Å²) < 4.78 is 0. The average Bonchev–Trinajstić information content (AvgIpc) is 3.21. The van der Waals surface area contributed by atoms with E-state index in [4.69, 9.17) is 0 Å². The first-order chi connectivity index (χ1) is 14.8. The first kappa shape index (κ1) is 27.3. The molecule has 0 amide bonds. The number of aliphatic hydroxyl groups excluding tert-OH is 1. The van der Waals surface area contributed by atoms with Crippen molar-refractivity contribution in [2.75, 3.05) is 0 Å². The van der Waals surface area contributed by atoms with Gasteiger partial charge in [-0.05, 0) is 19.8 Å². The molecule has 0 aliphatic carbocycles. The minimum Gasteiger partial charge on any atom is -0.374 e. The number of rotatable bonds is 22. The summed E-state index contributed by atoms with van der Waals surface area (Å²) in [6.45, 7) is 4.13. The van der Waals surface area contributed by atoms with Gasteiger partial charge in [0.25, 0.3) is 0 Å². The molecule has 0 aromatic carbocycles. The van der Waals surface area contributed by atoms with E-state index in [0.29, 0.717) is 6.17 Å². The normalized spacial score (nSPS) is 16.9. The van der Waals surface area contributed by atoms with Crippen LogP contribution in [-0.2, 0) is 0 Å². The van der Waals surface area contributed by atoms with Crippen molar-refractivity contribution in [2.45, 2.75) is 161 Å². The fraction of sp³-hybridized carbons (Fsp3) is 0.926. The lowest BCUT2D eigenvalue weighted by molar-refractivity contribution is 0.0254. The Morgan fingerprint density at radius 2 is 1.03 bits per heavy atom. The molecule has 0 fully saturated rings. The van der Waals surface area contributed by atoms with E-state index in [0.717, 1.165) is 6.42 Å². The van der Waals surface area contributed by atoms with E-state index in [-0.39, 0.29) is 0 Å². The Labute approximate surface area is 189 Å². The molecule has 1 heterocycles. The standard InChI is InChI=1S/C27H54N2O/c1-3-4-5-6-7-8-9-10-11-12-13-14-15-16-17-18-19-20-21-22-23-27-28-24-25-29(27)26(2)30/h24-28,30H,3-23H2,1-2H3. The monoisotopic (exact) mass is 422 g/mol. The zero-order chi connectivity index (χ0) is 21.7. The second-order valence-electron chi connectivity index (χ2n) is 9.58. The maximum Gasteiger partial charge on any atom is 0.125 e. The molecule has 1 aliphatic rings. The Balaban J connectivity index is 1.70. The maximum atomic E-state index is 9.72. The van der Waals surface area contributed by atoms with Gasteiger partial charge in [-0.15, -0.1) is 0 Å². The summed E-state index contributed by atoms with van der Waals surface area (Å²) in [6.07, 6.45) is 33.5. The van der Waals surface area contributed by atoms with Crippen molar-refractivity contribution in [3.05, 3.63) is 12.4 Å². The molecule has 0 saturated heterocycles. The van der Waals surface area contributed by atoms with Crippen molar-refractivity contribution >= 4 is 0 Å². The van der Waals surface area contributed by atoms with Gasteiger partial charge in [-0.3, -0.25) is 0 Å². The highest BCUT2D eigenvalue weighted by Crippen LogP contribution is 2.17. The average molecular weight is 423 g/mol. The van der Waals surface area contributed by atoms with Crippen LogP contribution < -0.4 is 5.32 Å². The van der Waals surface area contributed by atoms with Gasteiger partial charge in [0, 0.05) is 12.4 Å². The molecular formula is C27H54N2O. The molecule has 0 saturated carbocycles. The molecule has 1 rings (SSSR count). The molecule has 0 radical (unpaired) electrons. The SMILES string of the molecule is CCCCCCCCCCCCCCCCCCCCCCC1NC=CN1C(C)O. The van der Waals surface area contributed by atoms with E-state index in [1.165, 1.54) is 128 Å². The topological polar surface area (TPSA) is 35.5 Å². The van der Waals surface area contributed by atoms with Gasteiger partial charge in [0.05, 0.1) is 0 Å². The zero-order valence-electron chi connectivity index (χ0n) is 20.6. The van der Waals surface area contributed by atoms with Crippen LogP contribution in [-0.4, -0.2) is 22.4 Å².